The van der Waals surface area contributed by atoms with Crippen LogP contribution in [0.3, 0.4) is 0 Å². The number of methoxy groups -OCH3 is 1. The Bertz CT molecular complexity index is 594. The molecule has 5 heteroatoms. The second-order valence-corrected chi connectivity index (χ2v) is 4.46. The molecule has 0 aliphatic carbocycles. The summed E-state index contributed by atoms with van der Waals surface area (Å²) in [6.45, 7) is 5.93. The van der Waals surface area contributed by atoms with Crippen LogP contribution in [0.15, 0.2) is 22.7 Å². The van der Waals surface area contributed by atoms with Crippen molar-refractivity contribution in [3.63, 3.8) is 0 Å². The van der Waals surface area contributed by atoms with Gasteiger partial charge in [0.2, 0.25) is 5.76 Å². The largest absolute Gasteiger partial charge is 0.479 e. The molecule has 19 heavy (non-hydrogen) atoms. The average Bonchev–Trinajstić information content (AvgIpc) is 2.82. The van der Waals surface area contributed by atoms with Gasteiger partial charge in [0.05, 0.1) is 13.2 Å². The smallest absolute Gasteiger partial charge is 0.294 e. The minimum absolute atomic E-state index is 0.122. The van der Waals surface area contributed by atoms with Crippen molar-refractivity contribution in [2.75, 3.05) is 12.4 Å². The summed E-state index contributed by atoms with van der Waals surface area (Å²) in [6.07, 6.45) is 0. The second-order valence-electron chi connectivity index (χ2n) is 4.46. The van der Waals surface area contributed by atoms with Gasteiger partial charge < -0.3 is 14.6 Å². The molecule has 1 aromatic heterocycles. The molecule has 1 heterocycles. The number of anilines is 1. The third kappa shape index (κ3) is 2.76. The van der Waals surface area contributed by atoms with Gasteiger partial charge in [-0.1, -0.05) is 17.7 Å². The van der Waals surface area contributed by atoms with Crippen molar-refractivity contribution in [1.29, 1.82) is 0 Å². The van der Waals surface area contributed by atoms with Gasteiger partial charge >= 0.3 is 0 Å². The van der Waals surface area contributed by atoms with Crippen molar-refractivity contribution in [3.8, 4) is 5.88 Å². The minimum Gasteiger partial charge on any atom is -0.479 e. The van der Waals surface area contributed by atoms with E-state index >= 15 is 0 Å². The molecule has 0 saturated carbocycles. The van der Waals surface area contributed by atoms with Crippen molar-refractivity contribution in [2.45, 2.75) is 20.8 Å². The van der Waals surface area contributed by atoms with Crippen LogP contribution in [0.5, 0.6) is 5.88 Å². The fraction of sp³-hybridized carbons (Fsp3) is 0.286. The van der Waals surface area contributed by atoms with Gasteiger partial charge in [0, 0.05) is 5.69 Å². The summed E-state index contributed by atoms with van der Waals surface area (Å²) in [4.78, 5) is 12.0. The SMILES string of the molecule is COc1cc(C(=O)Nc2c(C)cc(C)cc2C)on1. The fourth-order valence-corrected chi connectivity index (χ4v) is 2.01. The Hall–Kier alpha value is -2.30. The maximum Gasteiger partial charge on any atom is 0.294 e. The molecule has 1 aromatic carbocycles. The number of nitrogens with one attached hydrogen (secondary N) is 1. The quantitative estimate of drug-likeness (QED) is 0.921. The van der Waals surface area contributed by atoms with E-state index in [0.29, 0.717) is 0 Å². The van der Waals surface area contributed by atoms with E-state index in [4.69, 9.17) is 9.26 Å². The molecule has 100 valence electrons. The molecule has 5 nitrogen and oxygen atoms in total. The standard InChI is InChI=1S/C14H16N2O3/c1-8-5-9(2)13(10(3)6-8)15-14(17)11-7-12(18-4)16-19-11/h5-7H,1-4H3,(H,15,17). The second kappa shape index (κ2) is 5.14. The Morgan fingerprint density at radius 2 is 1.84 bits per heavy atom. The van der Waals surface area contributed by atoms with Crippen LogP contribution >= 0.6 is 0 Å². The molecular weight excluding hydrogens is 244 g/mol. The van der Waals surface area contributed by atoms with E-state index < -0.39 is 0 Å². The molecule has 1 amide bonds. The normalized spacial score (nSPS) is 10.3. The number of hydrogen-bond donors (Lipinski definition) is 1. The van der Waals surface area contributed by atoms with Crippen LogP contribution in [0.1, 0.15) is 27.2 Å². The van der Waals surface area contributed by atoms with Crippen LogP contribution in [-0.2, 0) is 0 Å². The van der Waals surface area contributed by atoms with Gasteiger partial charge in [-0.05, 0) is 37.1 Å². The summed E-state index contributed by atoms with van der Waals surface area (Å²) in [5.74, 6) is 0.0598. The Kier molecular flexibility index (Phi) is 3.55. The number of nitrogens with zero attached hydrogens (tertiary/aromatic N) is 1. The highest BCUT2D eigenvalue weighted by Gasteiger charge is 2.15. The first-order valence-electron chi connectivity index (χ1n) is 5.91. The lowest BCUT2D eigenvalue weighted by Crippen LogP contribution is -2.13. The highest BCUT2D eigenvalue weighted by atomic mass is 16.5. The molecule has 0 aliphatic heterocycles. The number of hydrogen-bond acceptors (Lipinski definition) is 4. The van der Waals surface area contributed by atoms with Crippen LogP contribution in [0.25, 0.3) is 0 Å². The Morgan fingerprint density at radius 3 is 2.37 bits per heavy atom. The number of benzene rings is 1. The predicted molar refractivity (Wildman–Crippen MR) is 71.7 cm³/mol. The molecule has 0 fully saturated rings. The highest BCUT2D eigenvalue weighted by molar-refractivity contribution is 6.03. The molecule has 0 saturated heterocycles. The van der Waals surface area contributed by atoms with Crippen LogP contribution in [-0.4, -0.2) is 18.2 Å². The van der Waals surface area contributed by atoms with Gasteiger partial charge in [-0.15, -0.1) is 0 Å². The average molecular weight is 260 g/mol. The van der Waals surface area contributed by atoms with Crippen molar-refractivity contribution in [3.05, 3.63) is 40.6 Å². The first kappa shape index (κ1) is 13.1. The number of carbonyl (C=O) groups excluding carboxylic acids is 1. The minimum atomic E-state index is -0.342. The van der Waals surface area contributed by atoms with Gasteiger partial charge in [0.15, 0.2) is 0 Å². The molecule has 0 atom stereocenters. The van der Waals surface area contributed by atoms with Gasteiger partial charge in [-0.2, -0.15) is 0 Å². The van der Waals surface area contributed by atoms with Crippen LogP contribution in [0, 0.1) is 20.8 Å². The molecule has 0 unspecified atom stereocenters. The Morgan fingerprint density at radius 1 is 1.21 bits per heavy atom. The zero-order valence-corrected chi connectivity index (χ0v) is 11.4. The lowest BCUT2D eigenvalue weighted by Gasteiger charge is -2.11. The van der Waals surface area contributed by atoms with E-state index in [1.165, 1.54) is 13.2 Å². The van der Waals surface area contributed by atoms with Gasteiger partial charge in [-0.3, -0.25) is 4.79 Å². The first-order chi connectivity index (χ1) is 9.01. The molecule has 0 aliphatic rings. The summed E-state index contributed by atoms with van der Waals surface area (Å²) in [6, 6.07) is 5.49. The molecule has 0 radical (unpaired) electrons. The third-order valence-electron chi connectivity index (χ3n) is 2.84. The van der Waals surface area contributed by atoms with Gasteiger partial charge in [0.25, 0.3) is 11.8 Å². The number of rotatable bonds is 3. The van der Waals surface area contributed by atoms with Crippen molar-refractivity contribution >= 4 is 11.6 Å². The summed E-state index contributed by atoms with van der Waals surface area (Å²) >= 11 is 0. The monoisotopic (exact) mass is 260 g/mol. The maximum atomic E-state index is 12.0. The Labute approximate surface area is 111 Å². The van der Waals surface area contributed by atoms with Gasteiger partial charge in [-0.25, -0.2) is 0 Å². The topological polar surface area (TPSA) is 64.4 Å². The fourth-order valence-electron chi connectivity index (χ4n) is 2.01. The van der Waals surface area contributed by atoms with Crippen LogP contribution in [0.4, 0.5) is 5.69 Å². The number of aromatic nitrogens is 1. The van der Waals surface area contributed by atoms with Crippen molar-refractivity contribution in [1.82, 2.24) is 5.16 Å². The number of ether oxygens (including phenoxy) is 1. The summed E-state index contributed by atoms with van der Waals surface area (Å²) in [7, 11) is 1.47. The number of aryl methyl sites for hydroxylation is 3. The highest BCUT2D eigenvalue weighted by Crippen LogP contribution is 2.23. The molecule has 0 spiro atoms. The van der Waals surface area contributed by atoms with E-state index in [1.54, 1.807) is 0 Å². The molecule has 2 rings (SSSR count). The lowest BCUT2D eigenvalue weighted by molar-refractivity contribution is 0.0987. The van der Waals surface area contributed by atoms with Crippen molar-refractivity contribution in [2.24, 2.45) is 0 Å². The van der Waals surface area contributed by atoms with Crippen LogP contribution in [0.2, 0.25) is 0 Å². The molecule has 0 bridgehead atoms. The van der Waals surface area contributed by atoms with Crippen molar-refractivity contribution < 1.29 is 14.1 Å². The lowest BCUT2D eigenvalue weighted by atomic mass is 10.1. The molecule has 1 N–H and O–H groups in total. The predicted octanol–water partition coefficient (Wildman–Crippen LogP) is 2.86. The zero-order valence-electron chi connectivity index (χ0n) is 11.4. The summed E-state index contributed by atoms with van der Waals surface area (Å²) < 4.78 is 9.78. The summed E-state index contributed by atoms with van der Waals surface area (Å²) in [5, 5.41) is 6.43. The molecule has 2 aromatic rings. The van der Waals surface area contributed by atoms with E-state index in [9.17, 15) is 4.79 Å². The van der Waals surface area contributed by atoms with Crippen LogP contribution < -0.4 is 10.1 Å². The van der Waals surface area contributed by atoms with Gasteiger partial charge in [0.1, 0.15) is 0 Å². The van der Waals surface area contributed by atoms with E-state index in [1.807, 2.05) is 32.9 Å². The summed E-state index contributed by atoms with van der Waals surface area (Å²) in [5.41, 5.74) is 3.98. The molecular formula is C14H16N2O3. The zero-order chi connectivity index (χ0) is 14.0. The van der Waals surface area contributed by atoms with E-state index in [0.717, 1.165) is 22.4 Å². The first-order valence-corrected chi connectivity index (χ1v) is 5.91. The third-order valence-corrected chi connectivity index (χ3v) is 2.84. The van der Waals surface area contributed by atoms with E-state index in [2.05, 4.69) is 10.5 Å². The number of amides is 1. The van der Waals surface area contributed by atoms with E-state index in [-0.39, 0.29) is 17.5 Å². The maximum absolute atomic E-state index is 12.0. The Balaban J connectivity index is 2.24. The number of carbonyl (C=O) groups is 1.